The van der Waals surface area contributed by atoms with Gasteiger partial charge in [-0.1, -0.05) is 35.1 Å². The first-order valence-corrected chi connectivity index (χ1v) is 11.4. The van der Waals surface area contributed by atoms with E-state index in [0.717, 1.165) is 10.2 Å². The molecule has 1 amide bonds. The third kappa shape index (κ3) is 4.88. The number of likely N-dealkylation sites (N-methyl/N-ethyl adjacent to an activating group) is 1. The van der Waals surface area contributed by atoms with Gasteiger partial charge in [-0.15, -0.1) is 0 Å². The second-order valence-corrected chi connectivity index (χ2v) is 9.96. The number of fused-ring (bicyclic) bond motifs is 1. The van der Waals surface area contributed by atoms with Gasteiger partial charge in [0, 0.05) is 18.1 Å². The number of amides is 1. The van der Waals surface area contributed by atoms with Gasteiger partial charge in [-0.05, 0) is 50.5 Å². The van der Waals surface area contributed by atoms with Gasteiger partial charge < -0.3 is 4.90 Å². The molecule has 0 aliphatic carbocycles. The maximum atomic E-state index is 13.0. The molecule has 0 radical (unpaired) electrons. The minimum absolute atomic E-state index is 0.0714. The second kappa shape index (κ2) is 8.57. The standard InChI is InChI=1S/C19H20ClN3O3S2/c1-22(2)11-12-23(19-21-16-5-3-4-6-17(16)27-19)18(24)13-28(25,26)15-9-7-14(20)8-10-15/h3-10H,11-13H2,1-2H3. The van der Waals surface area contributed by atoms with Gasteiger partial charge in [-0.3, -0.25) is 9.69 Å². The summed E-state index contributed by atoms with van der Waals surface area (Å²) in [5.74, 6) is -1.13. The van der Waals surface area contributed by atoms with Crippen LogP contribution in [-0.4, -0.2) is 57.1 Å². The molecule has 0 atom stereocenters. The highest BCUT2D eigenvalue weighted by molar-refractivity contribution is 7.92. The summed E-state index contributed by atoms with van der Waals surface area (Å²) in [7, 11) is 0.00409. The lowest BCUT2D eigenvalue weighted by Crippen LogP contribution is -2.40. The molecule has 3 aromatic rings. The summed E-state index contributed by atoms with van der Waals surface area (Å²) >= 11 is 7.20. The van der Waals surface area contributed by atoms with Crippen LogP contribution < -0.4 is 4.90 Å². The molecular formula is C19H20ClN3O3S2. The molecule has 6 nitrogen and oxygen atoms in total. The van der Waals surface area contributed by atoms with E-state index in [1.165, 1.54) is 40.5 Å². The van der Waals surface area contributed by atoms with E-state index >= 15 is 0 Å². The number of sulfone groups is 1. The number of aromatic nitrogens is 1. The molecule has 0 N–H and O–H groups in total. The van der Waals surface area contributed by atoms with E-state index < -0.39 is 21.5 Å². The first kappa shape index (κ1) is 20.7. The highest BCUT2D eigenvalue weighted by Gasteiger charge is 2.26. The summed E-state index contributed by atoms with van der Waals surface area (Å²) in [6, 6.07) is 13.4. The van der Waals surface area contributed by atoms with Crippen molar-refractivity contribution in [1.29, 1.82) is 0 Å². The molecule has 1 aromatic heterocycles. The average molecular weight is 438 g/mol. The highest BCUT2D eigenvalue weighted by atomic mass is 35.5. The van der Waals surface area contributed by atoms with Crippen LogP contribution in [0.2, 0.25) is 5.02 Å². The van der Waals surface area contributed by atoms with Gasteiger partial charge >= 0.3 is 0 Å². The van der Waals surface area contributed by atoms with Gasteiger partial charge in [-0.25, -0.2) is 13.4 Å². The van der Waals surface area contributed by atoms with Gasteiger partial charge in [0.1, 0.15) is 5.75 Å². The Bertz CT molecular complexity index is 1050. The molecule has 0 spiro atoms. The Morgan fingerprint density at radius 2 is 1.75 bits per heavy atom. The molecule has 0 unspecified atom stereocenters. The maximum absolute atomic E-state index is 13.0. The third-order valence-corrected chi connectivity index (χ3v) is 7.00. The predicted molar refractivity (Wildman–Crippen MR) is 114 cm³/mol. The zero-order valence-electron chi connectivity index (χ0n) is 15.5. The van der Waals surface area contributed by atoms with Crippen LogP contribution in [0.15, 0.2) is 53.4 Å². The minimum Gasteiger partial charge on any atom is -0.308 e. The van der Waals surface area contributed by atoms with E-state index in [-0.39, 0.29) is 4.90 Å². The van der Waals surface area contributed by atoms with Crippen molar-refractivity contribution in [3.05, 3.63) is 53.6 Å². The van der Waals surface area contributed by atoms with Crippen molar-refractivity contribution in [3.8, 4) is 0 Å². The first-order chi connectivity index (χ1) is 13.3. The second-order valence-electron chi connectivity index (χ2n) is 6.53. The molecule has 2 aromatic carbocycles. The Labute approximate surface area is 173 Å². The lowest BCUT2D eigenvalue weighted by atomic mass is 10.3. The van der Waals surface area contributed by atoms with Gasteiger partial charge in [0.2, 0.25) is 5.91 Å². The smallest absolute Gasteiger partial charge is 0.244 e. The zero-order chi connectivity index (χ0) is 20.3. The fourth-order valence-electron chi connectivity index (χ4n) is 2.57. The van der Waals surface area contributed by atoms with Gasteiger partial charge in [0.15, 0.2) is 15.0 Å². The fraction of sp³-hybridized carbons (Fsp3) is 0.263. The number of benzene rings is 2. The van der Waals surface area contributed by atoms with E-state index in [9.17, 15) is 13.2 Å². The Hall–Kier alpha value is -2.00. The van der Waals surface area contributed by atoms with E-state index in [1.54, 1.807) is 0 Å². The lowest BCUT2D eigenvalue weighted by molar-refractivity contribution is -0.116. The van der Waals surface area contributed by atoms with Crippen LogP contribution in [0.1, 0.15) is 0 Å². The van der Waals surface area contributed by atoms with Crippen LogP contribution in [0.3, 0.4) is 0 Å². The molecular weight excluding hydrogens is 418 g/mol. The molecule has 28 heavy (non-hydrogen) atoms. The maximum Gasteiger partial charge on any atom is 0.244 e. The largest absolute Gasteiger partial charge is 0.308 e. The van der Waals surface area contributed by atoms with Gasteiger partial charge in [0.05, 0.1) is 15.1 Å². The summed E-state index contributed by atoms with van der Waals surface area (Å²) in [5.41, 5.74) is 0.783. The number of anilines is 1. The van der Waals surface area contributed by atoms with Crippen LogP contribution in [0.4, 0.5) is 5.13 Å². The van der Waals surface area contributed by atoms with Crippen LogP contribution in [0, 0.1) is 0 Å². The monoisotopic (exact) mass is 437 g/mol. The molecule has 148 valence electrons. The SMILES string of the molecule is CN(C)CCN(C(=O)CS(=O)(=O)c1ccc(Cl)cc1)c1nc2ccccc2s1. The number of halogens is 1. The topological polar surface area (TPSA) is 70.6 Å². The molecule has 0 aliphatic rings. The zero-order valence-corrected chi connectivity index (χ0v) is 17.9. The first-order valence-electron chi connectivity index (χ1n) is 8.55. The number of thiazole rings is 1. The molecule has 3 rings (SSSR count). The number of hydrogen-bond acceptors (Lipinski definition) is 6. The molecule has 0 bridgehead atoms. The Balaban J connectivity index is 1.88. The number of rotatable bonds is 7. The Morgan fingerprint density at radius 3 is 2.39 bits per heavy atom. The summed E-state index contributed by atoms with van der Waals surface area (Å²) < 4.78 is 26.3. The number of para-hydroxylation sites is 1. The van der Waals surface area contributed by atoms with Crippen molar-refractivity contribution in [2.45, 2.75) is 4.90 Å². The molecule has 9 heteroatoms. The molecule has 0 fully saturated rings. The summed E-state index contributed by atoms with van der Waals surface area (Å²) in [6.45, 7) is 0.935. The number of carbonyl (C=O) groups excluding carboxylic acids is 1. The van der Waals surface area contributed by atoms with E-state index in [4.69, 9.17) is 11.6 Å². The summed E-state index contributed by atoms with van der Waals surface area (Å²) in [4.78, 5) is 20.9. The average Bonchev–Trinajstić information content (AvgIpc) is 3.05. The minimum atomic E-state index is -3.78. The van der Waals surface area contributed by atoms with Gasteiger partial charge in [0.25, 0.3) is 0 Å². The van der Waals surface area contributed by atoms with Crippen LogP contribution in [0.5, 0.6) is 0 Å². The van der Waals surface area contributed by atoms with Crippen molar-refractivity contribution in [1.82, 2.24) is 9.88 Å². The highest BCUT2D eigenvalue weighted by Crippen LogP contribution is 2.29. The molecule has 0 saturated carbocycles. The lowest BCUT2D eigenvalue weighted by Gasteiger charge is -2.22. The van der Waals surface area contributed by atoms with E-state index in [2.05, 4.69) is 4.98 Å². The normalized spacial score (nSPS) is 11.9. The quantitative estimate of drug-likeness (QED) is 0.567. The van der Waals surface area contributed by atoms with E-state index in [0.29, 0.717) is 23.2 Å². The van der Waals surface area contributed by atoms with Gasteiger partial charge in [-0.2, -0.15) is 0 Å². The van der Waals surface area contributed by atoms with Crippen LogP contribution >= 0.6 is 22.9 Å². The van der Waals surface area contributed by atoms with Crippen molar-refractivity contribution in [3.63, 3.8) is 0 Å². The fourth-order valence-corrected chi connectivity index (χ4v) is 4.90. The van der Waals surface area contributed by atoms with Crippen LogP contribution in [0.25, 0.3) is 10.2 Å². The molecule has 1 heterocycles. The Kier molecular flexibility index (Phi) is 6.34. The number of nitrogens with zero attached hydrogens (tertiary/aromatic N) is 3. The van der Waals surface area contributed by atoms with Crippen molar-refractivity contribution < 1.29 is 13.2 Å². The van der Waals surface area contributed by atoms with Crippen molar-refractivity contribution in [2.24, 2.45) is 0 Å². The third-order valence-electron chi connectivity index (χ3n) is 4.07. The van der Waals surface area contributed by atoms with Crippen molar-refractivity contribution in [2.75, 3.05) is 37.8 Å². The number of hydrogen-bond donors (Lipinski definition) is 0. The van der Waals surface area contributed by atoms with Crippen molar-refractivity contribution >= 4 is 54.0 Å². The summed E-state index contributed by atoms with van der Waals surface area (Å²) in [5, 5.41) is 0.937. The Morgan fingerprint density at radius 1 is 1.07 bits per heavy atom. The van der Waals surface area contributed by atoms with Crippen LogP contribution in [-0.2, 0) is 14.6 Å². The molecule has 0 saturated heterocycles. The number of carbonyl (C=O) groups is 1. The summed E-state index contributed by atoms with van der Waals surface area (Å²) in [6.07, 6.45) is 0. The predicted octanol–water partition coefficient (Wildman–Crippen LogP) is 3.32. The molecule has 0 aliphatic heterocycles. The van der Waals surface area contributed by atoms with E-state index in [1.807, 2.05) is 43.3 Å².